The number of carbonyl (C=O) groups excluding carboxylic acids is 2. The lowest BCUT2D eigenvalue weighted by atomic mass is 9.85. The van der Waals surface area contributed by atoms with Gasteiger partial charge in [0.2, 0.25) is 0 Å². The van der Waals surface area contributed by atoms with Crippen LogP contribution in [0, 0.1) is 5.92 Å². The lowest BCUT2D eigenvalue weighted by Gasteiger charge is -2.20. The first-order valence-corrected chi connectivity index (χ1v) is 6.89. The molecule has 1 aliphatic carbocycles. The third-order valence-corrected chi connectivity index (χ3v) is 3.44. The summed E-state index contributed by atoms with van der Waals surface area (Å²) in [6, 6.07) is 0. The Labute approximate surface area is 104 Å². The smallest absolute Gasteiger partial charge is 0.313 e. The zero-order valence-corrected chi connectivity index (χ0v) is 10.9. The van der Waals surface area contributed by atoms with Gasteiger partial charge >= 0.3 is 5.97 Å². The predicted octanol–water partition coefficient (Wildman–Crippen LogP) is 3.26. The van der Waals surface area contributed by atoms with Crippen molar-refractivity contribution in [2.75, 3.05) is 6.61 Å². The summed E-state index contributed by atoms with van der Waals surface area (Å²) in [5.74, 6) is 0.466. The molecule has 3 nitrogen and oxygen atoms in total. The van der Waals surface area contributed by atoms with Crippen LogP contribution in [0.1, 0.15) is 64.7 Å². The zero-order chi connectivity index (χ0) is 12.5. The summed E-state index contributed by atoms with van der Waals surface area (Å²) in [4.78, 5) is 22.5. The second-order valence-electron chi connectivity index (χ2n) is 4.92. The van der Waals surface area contributed by atoms with E-state index < -0.39 is 0 Å². The van der Waals surface area contributed by atoms with Gasteiger partial charge in [0.15, 0.2) is 0 Å². The lowest BCUT2D eigenvalue weighted by Crippen LogP contribution is -2.12. The van der Waals surface area contributed by atoms with Gasteiger partial charge in [-0.2, -0.15) is 0 Å². The maximum Gasteiger partial charge on any atom is 0.313 e. The number of hydrogen-bond donors (Lipinski definition) is 0. The molecule has 0 aromatic rings. The van der Waals surface area contributed by atoms with Gasteiger partial charge in [0, 0.05) is 6.42 Å². The molecule has 0 heterocycles. The van der Waals surface area contributed by atoms with Crippen molar-refractivity contribution in [2.45, 2.75) is 64.7 Å². The average molecular weight is 240 g/mol. The van der Waals surface area contributed by atoms with Crippen molar-refractivity contribution in [3.05, 3.63) is 0 Å². The standard InChI is InChI=1S/C14H24O3/c1-2-17-14(16)11-13(15)10-6-9-12-7-4-3-5-8-12/h12H,2-11H2,1H3. The van der Waals surface area contributed by atoms with E-state index in [2.05, 4.69) is 0 Å². The van der Waals surface area contributed by atoms with E-state index in [1.807, 2.05) is 0 Å². The number of ketones is 1. The number of rotatable bonds is 7. The van der Waals surface area contributed by atoms with E-state index in [-0.39, 0.29) is 18.2 Å². The van der Waals surface area contributed by atoms with E-state index in [1.54, 1.807) is 6.92 Å². The van der Waals surface area contributed by atoms with Gasteiger partial charge in [-0.3, -0.25) is 9.59 Å². The molecule has 0 aromatic heterocycles. The topological polar surface area (TPSA) is 43.4 Å². The number of hydrogen-bond acceptors (Lipinski definition) is 3. The predicted molar refractivity (Wildman–Crippen MR) is 66.7 cm³/mol. The molecule has 3 heteroatoms. The number of Topliss-reactive ketones (excluding diaryl/α,β-unsaturated/α-hetero) is 1. The fraction of sp³-hybridized carbons (Fsp3) is 0.857. The number of carbonyl (C=O) groups is 2. The van der Waals surface area contributed by atoms with Crippen LogP contribution in [-0.4, -0.2) is 18.4 Å². The molecule has 0 spiro atoms. The van der Waals surface area contributed by atoms with Crippen LogP contribution in [0.2, 0.25) is 0 Å². The van der Waals surface area contributed by atoms with Crippen LogP contribution in [0.15, 0.2) is 0 Å². The maximum absolute atomic E-state index is 11.5. The first-order chi connectivity index (χ1) is 8.22. The second kappa shape index (κ2) is 8.26. The van der Waals surface area contributed by atoms with Crippen LogP contribution in [-0.2, 0) is 14.3 Å². The molecule has 0 saturated heterocycles. The Morgan fingerprint density at radius 2 is 1.88 bits per heavy atom. The van der Waals surface area contributed by atoms with Gasteiger partial charge in [0.05, 0.1) is 6.61 Å². The van der Waals surface area contributed by atoms with Crippen molar-refractivity contribution in [3.63, 3.8) is 0 Å². The maximum atomic E-state index is 11.5. The van der Waals surface area contributed by atoms with Gasteiger partial charge in [-0.05, 0) is 19.3 Å². The van der Waals surface area contributed by atoms with Gasteiger partial charge in [0.25, 0.3) is 0 Å². The van der Waals surface area contributed by atoms with Crippen molar-refractivity contribution >= 4 is 11.8 Å². The van der Waals surface area contributed by atoms with Crippen LogP contribution >= 0.6 is 0 Å². The Morgan fingerprint density at radius 3 is 2.53 bits per heavy atom. The molecule has 0 aromatic carbocycles. The van der Waals surface area contributed by atoms with Crippen molar-refractivity contribution < 1.29 is 14.3 Å². The summed E-state index contributed by atoms with van der Waals surface area (Å²) >= 11 is 0. The van der Waals surface area contributed by atoms with Crippen molar-refractivity contribution in [3.8, 4) is 0 Å². The highest BCUT2D eigenvalue weighted by Gasteiger charge is 2.14. The Balaban J connectivity index is 2.05. The Morgan fingerprint density at radius 1 is 1.18 bits per heavy atom. The summed E-state index contributed by atoms with van der Waals surface area (Å²) in [6.45, 7) is 2.11. The van der Waals surface area contributed by atoms with Gasteiger partial charge in [-0.1, -0.05) is 38.5 Å². The molecule has 0 aliphatic heterocycles. The van der Waals surface area contributed by atoms with E-state index >= 15 is 0 Å². The molecule has 0 atom stereocenters. The third-order valence-electron chi connectivity index (χ3n) is 3.44. The molecule has 0 amide bonds. The summed E-state index contributed by atoms with van der Waals surface area (Å²) in [6.07, 6.45) is 9.30. The molecular formula is C14H24O3. The first kappa shape index (κ1) is 14.2. The highest BCUT2D eigenvalue weighted by molar-refractivity contribution is 5.95. The minimum absolute atomic E-state index is 0.0271. The fourth-order valence-electron chi connectivity index (χ4n) is 2.53. The summed E-state index contributed by atoms with van der Waals surface area (Å²) < 4.78 is 4.75. The molecule has 1 fully saturated rings. The molecule has 1 saturated carbocycles. The average Bonchev–Trinajstić information content (AvgIpc) is 2.30. The van der Waals surface area contributed by atoms with E-state index in [4.69, 9.17) is 4.74 Å². The van der Waals surface area contributed by atoms with Gasteiger partial charge in [-0.15, -0.1) is 0 Å². The molecule has 98 valence electrons. The SMILES string of the molecule is CCOC(=O)CC(=O)CCCC1CCCCC1. The van der Waals surface area contributed by atoms with E-state index in [0.29, 0.717) is 13.0 Å². The molecule has 0 bridgehead atoms. The Bertz CT molecular complexity index is 242. The Hall–Kier alpha value is -0.860. The summed E-state index contributed by atoms with van der Waals surface area (Å²) in [5.41, 5.74) is 0. The van der Waals surface area contributed by atoms with Gasteiger partial charge in [-0.25, -0.2) is 0 Å². The van der Waals surface area contributed by atoms with Crippen LogP contribution in [0.25, 0.3) is 0 Å². The molecule has 0 N–H and O–H groups in total. The Kier molecular flexibility index (Phi) is 6.90. The van der Waals surface area contributed by atoms with Crippen molar-refractivity contribution in [1.82, 2.24) is 0 Å². The van der Waals surface area contributed by atoms with E-state index in [1.165, 1.54) is 32.1 Å². The summed E-state index contributed by atoms with van der Waals surface area (Å²) in [7, 11) is 0. The molecule has 17 heavy (non-hydrogen) atoms. The molecule has 0 radical (unpaired) electrons. The number of ether oxygens (including phenoxy) is 1. The lowest BCUT2D eigenvalue weighted by molar-refractivity contribution is -0.145. The van der Waals surface area contributed by atoms with Crippen molar-refractivity contribution in [1.29, 1.82) is 0 Å². The van der Waals surface area contributed by atoms with Gasteiger partial charge in [0.1, 0.15) is 12.2 Å². The zero-order valence-electron chi connectivity index (χ0n) is 10.9. The molecule has 1 rings (SSSR count). The highest BCUT2D eigenvalue weighted by atomic mass is 16.5. The third kappa shape index (κ3) is 6.44. The van der Waals surface area contributed by atoms with Crippen LogP contribution < -0.4 is 0 Å². The minimum Gasteiger partial charge on any atom is -0.466 e. The monoisotopic (exact) mass is 240 g/mol. The molecule has 0 unspecified atom stereocenters. The van der Waals surface area contributed by atoms with E-state index in [0.717, 1.165) is 18.8 Å². The minimum atomic E-state index is -0.379. The first-order valence-electron chi connectivity index (χ1n) is 6.89. The molecule has 1 aliphatic rings. The normalized spacial score (nSPS) is 16.8. The summed E-state index contributed by atoms with van der Waals surface area (Å²) in [5, 5.41) is 0. The van der Waals surface area contributed by atoms with Crippen LogP contribution in [0.3, 0.4) is 0 Å². The van der Waals surface area contributed by atoms with Crippen molar-refractivity contribution in [2.24, 2.45) is 5.92 Å². The van der Waals surface area contributed by atoms with E-state index in [9.17, 15) is 9.59 Å². The fourth-order valence-corrected chi connectivity index (χ4v) is 2.53. The largest absolute Gasteiger partial charge is 0.466 e. The van der Waals surface area contributed by atoms with Gasteiger partial charge < -0.3 is 4.74 Å². The second-order valence-corrected chi connectivity index (χ2v) is 4.92. The van der Waals surface area contributed by atoms with Crippen LogP contribution in [0.5, 0.6) is 0 Å². The van der Waals surface area contributed by atoms with Crippen LogP contribution in [0.4, 0.5) is 0 Å². The highest BCUT2D eigenvalue weighted by Crippen LogP contribution is 2.27. The number of esters is 1. The quantitative estimate of drug-likeness (QED) is 0.506. The molecular weight excluding hydrogens is 216 g/mol.